The lowest BCUT2D eigenvalue weighted by atomic mass is 10.2. The predicted molar refractivity (Wildman–Crippen MR) is 59.9 cm³/mol. The zero-order valence-corrected chi connectivity index (χ0v) is 9.63. The quantitative estimate of drug-likeness (QED) is 0.760. The van der Waals surface area contributed by atoms with Crippen LogP contribution in [0.1, 0.15) is 12.2 Å². The fourth-order valence-corrected chi connectivity index (χ4v) is 2.44. The van der Waals surface area contributed by atoms with Crippen LogP contribution in [0.3, 0.4) is 0 Å². The number of hydrogen-bond acceptors (Lipinski definition) is 6. The highest BCUT2D eigenvalue weighted by atomic mass is 32.2. The first kappa shape index (κ1) is 11.4. The van der Waals surface area contributed by atoms with Crippen LogP contribution in [0.2, 0.25) is 0 Å². The molecule has 0 radical (unpaired) electrons. The average molecular weight is 242 g/mol. The number of aromatic nitrogens is 2. The zero-order valence-electron chi connectivity index (χ0n) is 8.81. The van der Waals surface area contributed by atoms with E-state index in [1.165, 1.54) is 6.39 Å². The SMILES string of the molecule is O=C(CC1CSCCN1)NCc1ncon1. The zero-order chi connectivity index (χ0) is 11.2. The first-order valence-corrected chi connectivity index (χ1v) is 6.33. The fraction of sp³-hybridized carbons (Fsp3) is 0.667. The van der Waals surface area contributed by atoms with Gasteiger partial charge < -0.3 is 15.2 Å². The van der Waals surface area contributed by atoms with Crippen molar-refractivity contribution in [2.24, 2.45) is 0 Å². The van der Waals surface area contributed by atoms with Gasteiger partial charge in [0, 0.05) is 30.5 Å². The largest absolute Gasteiger partial charge is 0.349 e. The molecule has 0 spiro atoms. The van der Waals surface area contributed by atoms with Crippen molar-refractivity contribution >= 4 is 17.7 Å². The number of nitrogens with zero attached hydrogens (tertiary/aromatic N) is 2. The molecule has 0 aliphatic carbocycles. The Morgan fingerprint density at radius 2 is 2.69 bits per heavy atom. The standard InChI is InChI=1S/C9H14N4O2S/c14-9(3-7-5-16-2-1-10-7)11-4-8-12-6-15-13-8/h6-7,10H,1-5H2,(H,11,14). The van der Waals surface area contributed by atoms with Crippen molar-refractivity contribution < 1.29 is 9.32 Å². The number of nitrogens with one attached hydrogen (secondary N) is 2. The van der Waals surface area contributed by atoms with Gasteiger partial charge in [0.15, 0.2) is 5.82 Å². The minimum Gasteiger partial charge on any atom is -0.349 e. The highest BCUT2D eigenvalue weighted by Gasteiger charge is 2.16. The van der Waals surface area contributed by atoms with Crippen molar-refractivity contribution in [2.45, 2.75) is 19.0 Å². The molecule has 1 aliphatic heterocycles. The van der Waals surface area contributed by atoms with Crippen molar-refractivity contribution in [3.05, 3.63) is 12.2 Å². The van der Waals surface area contributed by atoms with E-state index < -0.39 is 0 Å². The Labute approximate surface area is 97.5 Å². The van der Waals surface area contributed by atoms with Crippen LogP contribution in [0, 0.1) is 0 Å². The van der Waals surface area contributed by atoms with Gasteiger partial charge in [0.1, 0.15) is 0 Å². The van der Waals surface area contributed by atoms with Crippen molar-refractivity contribution in [2.75, 3.05) is 18.1 Å². The second-order valence-electron chi connectivity index (χ2n) is 3.55. The van der Waals surface area contributed by atoms with E-state index in [2.05, 4.69) is 25.3 Å². The number of carbonyl (C=O) groups excluding carboxylic acids is 1. The third-order valence-electron chi connectivity index (χ3n) is 2.28. The predicted octanol–water partition coefficient (Wildman–Crippen LogP) is -0.219. The van der Waals surface area contributed by atoms with Crippen LogP contribution < -0.4 is 10.6 Å². The van der Waals surface area contributed by atoms with Gasteiger partial charge in [-0.3, -0.25) is 4.79 Å². The summed E-state index contributed by atoms with van der Waals surface area (Å²) in [6.45, 7) is 1.31. The maximum atomic E-state index is 11.6. The van der Waals surface area contributed by atoms with Crippen LogP contribution in [0.25, 0.3) is 0 Å². The molecule has 0 bridgehead atoms. The van der Waals surface area contributed by atoms with Gasteiger partial charge in [-0.05, 0) is 0 Å². The lowest BCUT2D eigenvalue weighted by molar-refractivity contribution is -0.121. The first-order chi connectivity index (χ1) is 7.84. The molecule has 1 aromatic rings. The van der Waals surface area contributed by atoms with Gasteiger partial charge in [-0.25, -0.2) is 0 Å². The lowest BCUT2D eigenvalue weighted by Gasteiger charge is -2.22. The van der Waals surface area contributed by atoms with Gasteiger partial charge in [-0.2, -0.15) is 16.7 Å². The Kier molecular flexibility index (Phi) is 4.17. The molecule has 2 heterocycles. The summed E-state index contributed by atoms with van der Waals surface area (Å²) in [6.07, 6.45) is 1.76. The Hall–Kier alpha value is -1.08. The third-order valence-corrected chi connectivity index (χ3v) is 3.41. The molecule has 1 atom stereocenters. The maximum Gasteiger partial charge on any atom is 0.221 e. The van der Waals surface area contributed by atoms with E-state index in [0.29, 0.717) is 18.8 Å². The molecule has 2 rings (SSSR count). The summed E-state index contributed by atoms with van der Waals surface area (Å²) in [5.74, 6) is 2.64. The summed E-state index contributed by atoms with van der Waals surface area (Å²) >= 11 is 1.88. The summed E-state index contributed by atoms with van der Waals surface area (Å²) in [4.78, 5) is 15.4. The molecule has 1 aromatic heterocycles. The van der Waals surface area contributed by atoms with Crippen LogP contribution >= 0.6 is 11.8 Å². The molecule has 1 saturated heterocycles. The highest BCUT2D eigenvalue weighted by Crippen LogP contribution is 2.09. The van der Waals surface area contributed by atoms with Crippen LogP contribution in [-0.4, -0.2) is 40.1 Å². The minimum absolute atomic E-state index is 0.0183. The summed E-state index contributed by atoms with van der Waals surface area (Å²) in [5.41, 5.74) is 0. The Morgan fingerprint density at radius 1 is 1.75 bits per heavy atom. The highest BCUT2D eigenvalue weighted by molar-refractivity contribution is 7.99. The molecule has 16 heavy (non-hydrogen) atoms. The number of rotatable bonds is 4. The first-order valence-electron chi connectivity index (χ1n) is 5.17. The smallest absolute Gasteiger partial charge is 0.221 e. The summed E-state index contributed by atoms with van der Waals surface area (Å²) in [7, 11) is 0. The molecule has 7 heteroatoms. The summed E-state index contributed by atoms with van der Waals surface area (Å²) in [6, 6.07) is 0.281. The fourth-order valence-electron chi connectivity index (χ4n) is 1.49. The van der Waals surface area contributed by atoms with Crippen LogP contribution in [0.5, 0.6) is 0 Å². The molecule has 1 aliphatic rings. The third kappa shape index (κ3) is 3.49. The van der Waals surface area contributed by atoms with Crippen LogP contribution in [0.4, 0.5) is 0 Å². The molecular formula is C9H14N4O2S. The van der Waals surface area contributed by atoms with Crippen LogP contribution in [0.15, 0.2) is 10.9 Å². The Balaban J connectivity index is 1.67. The van der Waals surface area contributed by atoms with Crippen molar-refractivity contribution in [1.29, 1.82) is 0 Å². The van der Waals surface area contributed by atoms with Crippen molar-refractivity contribution in [1.82, 2.24) is 20.8 Å². The monoisotopic (exact) mass is 242 g/mol. The van der Waals surface area contributed by atoms with E-state index in [4.69, 9.17) is 0 Å². The summed E-state index contributed by atoms with van der Waals surface area (Å²) in [5, 5.41) is 9.69. The van der Waals surface area contributed by atoms with E-state index in [0.717, 1.165) is 18.1 Å². The molecule has 1 fully saturated rings. The van der Waals surface area contributed by atoms with Gasteiger partial charge in [0.2, 0.25) is 12.3 Å². The molecule has 1 amide bonds. The number of thioether (sulfide) groups is 1. The van der Waals surface area contributed by atoms with Gasteiger partial charge in [0.05, 0.1) is 6.54 Å². The number of hydrogen-bond donors (Lipinski definition) is 2. The van der Waals surface area contributed by atoms with E-state index >= 15 is 0 Å². The second-order valence-corrected chi connectivity index (χ2v) is 4.70. The normalized spacial score (nSPS) is 20.6. The summed E-state index contributed by atoms with van der Waals surface area (Å²) < 4.78 is 4.57. The van der Waals surface area contributed by atoms with E-state index in [1.807, 2.05) is 11.8 Å². The molecule has 6 nitrogen and oxygen atoms in total. The van der Waals surface area contributed by atoms with E-state index in [-0.39, 0.29) is 11.9 Å². The second kappa shape index (κ2) is 5.86. The molecular weight excluding hydrogens is 228 g/mol. The molecule has 88 valence electrons. The number of carbonyl (C=O) groups is 1. The molecule has 0 aromatic carbocycles. The van der Waals surface area contributed by atoms with Gasteiger partial charge in [-0.1, -0.05) is 5.16 Å². The average Bonchev–Trinajstić information content (AvgIpc) is 2.81. The van der Waals surface area contributed by atoms with E-state index in [1.54, 1.807) is 0 Å². The molecule has 2 N–H and O–H groups in total. The van der Waals surface area contributed by atoms with Gasteiger partial charge >= 0.3 is 0 Å². The topological polar surface area (TPSA) is 80.0 Å². The molecule has 0 saturated carbocycles. The Morgan fingerprint density at radius 3 is 3.38 bits per heavy atom. The van der Waals surface area contributed by atoms with Crippen molar-refractivity contribution in [3.63, 3.8) is 0 Å². The van der Waals surface area contributed by atoms with Gasteiger partial charge in [0.25, 0.3) is 0 Å². The minimum atomic E-state index is 0.0183. The van der Waals surface area contributed by atoms with E-state index in [9.17, 15) is 4.79 Å². The molecule has 1 unspecified atom stereocenters. The van der Waals surface area contributed by atoms with Crippen LogP contribution in [-0.2, 0) is 11.3 Å². The Bertz CT molecular complexity index is 324. The van der Waals surface area contributed by atoms with Crippen molar-refractivity contribution in [3.8, 4) is 0 Å². The van der Waals surface area contributed by atoms with Gasteiger partial charge in [-0.15, -0.1) is 0 Å². The lowest BCUT2D eigenvalue weighted by Crippen LogP contribution is -2.41. The number of amides is 1. The maximum absolute atomic E-state index is 11.6.